The van der Waals surface area contributed by atoms with E-state index in [1.807, 2.05) is 6.92 Å². The quantitative estimate of drug-likeness (QED) is 0.628. The Morgan fingerprint density at radius 3 is 2.88 bits per heavy atom. The van der Waals surface area contributed by atoms with E-state index in [9.17, 15) is 0 Å². The standard InChI is InChI=1S/C10H13ClN4O/c1-3-5-6-7-12-9-13-8(11)14-10(15-9)16-4-2/h4,6-7H2,1-2H3,(H,12,13,14,15). The summed E-state index contributed by atoms with van der Waals surface area (Å²) in [7, 11) is 0. The molecule has 16 heavy (non-hydrogen) atoms. The first-order valence-electron chi connectivity index (χ1n) is 4.94. The van der Waals surface area contributed by atoms with Gasteiger partial charge >= 0.3 is 6.01 Å². The predicted molar refractivity (Wildman–Crippen MR) is 62.6 cm³/mol. The molecule has 6 heteroatoms. The zero-order chi connectivity index (χ0) is 11.8. The highest BCUT2D eigenvalue weighted by Gasteiger charge is 2.04. The van der Waals surface area contributed by atoms with Crippen molar-refractivity contribution in [1.29, 1.82) is 0 Å². The molecule has 0 spiro atoms. The van der Waals surface area contributed by atoms with E-state index in [4.69, 9.17) is 16.3 Å². The lowest BCUT2D eigenvalue weighted by Crippen LogP contribution is -2.07. The van der Waals surface area contributed by atoms with Gasteiger partial charge in [-0.15, -0.1) is 11.8 Å². The van der Waals surface area contributed by atoms with Crippen molar-refractivity contribution in [2.45, 2.75) is 20.3 Å². The summed E-state index contributed by atoms with van der Waals surface area (Å²) in [5.74, 6) is 6.13. The Morgan fingerprint density at radius 1 is 1.38 bits per heavy atom. The number of aromatic nitrogens is 3. The summed E-state index contributed by atoms with van der Waals surface area (Å²) in [4.78, 5) is 11.8. The minimum absolute atomic E-state index is 0.113. The fourth-order valence-electron chi connectivity index (χ4n) is 0.966. The van der Waals surface area contributed by atoms with E-state index < -0.39 is 0 Å². The van der Waals surface area contributed by atoms with E-state index >= 15 is 0 Å². The van der Waals surface area contributed by atoms with Gasteiger partial charge in [0.25, 0.3) is 0 Å². The minimum atomic E-state index is 0.113. The first-order chi connectivity index (χ1) is 7.76. The second-order valence-corrected chi connectivity index (χ2v) is 3.09. The molecule has 1 rings (SSSR count). The lowest BCUT2D eigenvalue weighted by atomic mass is 10.4. The van der Waals surface area contributed by atoms with Crippen LogP contribution in [0.25, 0.3) is 0 Å². The minimum Gasteiger partial charge on any atom is -0.464 e. The molecule has 1 aromatic heterocycles. The van der Waals surface area contributed by atoms with Crippen LogP contribution in [0.5, 0.6) is 6.01 Å². The molecule has 0 atom stereocenters. The highest BCUT2D eigenvalue weighted by Crippen LogP contribution is 2.10. The average molecular weight is 241 g/mol. The monoisotopic (exact) mass is 240 g/mol. The second kappa shape index (κ2) is 6.85. The van der Waals surface area contributed by atoms with Crippen molar-refractivity contribution in [3.8, 4) is 17.9 Å². The SMILES string of the molecule is CC#CCCNc1nc(Cl)nc(OCC)n1. The lowest BCUT2D eigenvalue weighted by Gasteiger charge is -2.05. The Morgan fingerprint density at radius 2 is 2.19 bits per heavy atom. The van der Waals surface area contributed by atoms with E-state index in [1.165, 1.54) is 0 Å². The molecule has 0 aliphatic carbocycles. The number of halogens is 1. The van der Waals surface area contributed by atoms with Crippen LogP contribution < -0.4 is 10.1 Å². The largest absolute Gasteiger partial charge is 0.464 e. The van der Waals surface area contributed by atoms with Crippen molar-refractivity contribution < 1.29 is 4.74 Å². The van der Waals surface area contributed by atoms with Crippen LogP contribution in [0.4, 0.5) is 5.95 Å². The molecule has 1 N–H and O–H groups in total. The van der Waals surface area contributed by atoms with Crippen molar-refractivity contribution in [3.05, 3.63) is 5.28 Å². The van der Waals surface area contributed by atoms with Gasteiger partial charge in [0.15, 0.2) is 0 Å². The van der Waals surface area contributed by atoms with Gasteiger partial charge in [0.05, 0.1) is 6.61 Å². The summed E-state index contributed by atoms with van der Waals surface area (Å²) >= 11 is 5.72. The molecule has 1 heterocycles. The molecule has 0 aliphatic rings. The molecule has 86 valence electrons. The maximum Gasteiger partial charge on any atom is 0.322 e. The molecule has 0 bridgehead atoms. The van der Waals surface area contributed by atoms with Gasteiger partial charge < -0.3 is 10.1 Å². The second-order valence-electron chi connectivity index (χ2n) is 2.75. The number of rotatable bonds is 5. The topological polar surface area (TPSA) is 59.9 Å². The van der Waals surface area contributed by atoms with Gasteiger partial charge in [-0.2, -0.15) is 15.0 Å². The molecule has 0 aromatic carbocycles. The van der Waals surface area contributed by atoms with E-state index in [2.05, 4.69) is 32.1 Å². The number of hydrogen-bond donors (Lipinski definition) is 1. The molecule has 0 unspecified atom stereocenters. The van der Waals surface area contributed by atoms with Crippen LogP contribution in [0.2, 0.25) is 5.28 Å². The summed E-state index contributed by atoms with van der Waals surface area (Å²) in [5.41, 5.74) is 0. The molecule has 0 saturated carbocycles. The fraction of sp³-hybridized carbons (Fsp3) is 0.500. The van der Waals surface area contributed by atoms with Crippen molar-refractivity contribution in [3.63, 3.8) is 0 Å². The maximum absolute atomic E-state index is 5.72. The zero-order valence-electron chi connectivity index (χ0n) is 9.25. The fourth-order valence-corrected chi connectivity index (χ4v) is 1.12. The van der Waals surface area contributed by atoms with Crippen LogP contribution in [0.3, 0.4) is 0 Å². The molecule has 0 amide bonds. The first kappa shape index (κ1) is 12.5. The van der Waals surface area contributed by atoms with E-state index in [1.54, 1.807) is 6.92 Å². The van der Waals surface area contributed by atoms with Gasteiger partial charge in [-0.3, -0.25) is 0 Å². The summed E-state index contributed by atoms with van der Waals surface area (Å²) in [5, 5.41) is 3.10. The molecule has 0 aliphatic heterocycles. The number of nitrogens with one attached hydrogen (secondary N) is 1. The average Bonchev–Trinajstić information content (AvgIpc) is 2.24. The highest BCUT2D eigenvalue weighted by molar-refractivity contribution is 6.28. The molecule has 0 saturated heterocycles. The highest BCUT2D eigenvalue weighted by atomic mass is 35.5. The van der Waals surface area contributed by atoms with Crippen molar-refractivity contribution in [2.75, 3.05) is 18.5 Å². The van der Waals surface area contributed by atoms with Gasteiger partial charge in [-0.05, 0) is 25.4 Å². The predicted octanol–water partition coefficient (Wildman–Crippen LogP) is 1.75. The van der Waals surface area contributed by atoms with Crippen LogP contribution in [-0.2, 0) is 0 Å². The summed E-state index contributed by atoms with van der Waals surface area (Å²) < 4.78 is 5.14. The van der Waals surface area contributed by atoms with Crippen molar-refractivity contribution in [2.24, 2.45) is 0 Å². The van der Waals surface area contributed by atoms with E-state index in [-0.39, 0.29) is 11.3 Å². The molecular formula is C10H13ClN4O. The molecular weight excluding hydrogens is 228 g/mol. The zero-order valence-corrected chi connectivity index (χ0v) is 10.0. The normalized spacial score (nSPS) is 9.19. The van der Waals surface area contributed by atoms with Gasteiger partial charge in [-0.1, -0.05) is 0 Å². The first-order valence-corrected chi connectivity index (χ1v) is 5.32. The Kier molecular flexibility index (Phi) is 5.37. The van der Waals surface area contributed by atoms with Crippen LogP contribution >= 0.6 is 11.6 Å². The van der Waals surface area contributed by atoms with Crippen LogP contribution in [-0.4, -0.2) is 28.1 Å². The van der Waals surface area contributed by atoms with Gasteiger partial charge in [0.1, 0.15) is 0 Å². The number of nitrogens with zero attached hydrogens (tertiary/aromatic N) is 3. The van der Waals surface area contributed by atoms with E-state index in [0.717, 1.165) is 6.42 Å². The Bertz CT molecular complexity index is 400. The third-order valence-corrected chi connectivity index (χ3v) is 1.74. The van der Waals surface area contributed by atoms with Gasteiger partial charge in [0, 0.05) is 13.0 Å². The third kappa shape index (κ3) is 4.32. The van der Waals surface area contributed by atoms with Gasteiger partial charge in [-0.25, -0.2) is 0 Å². The summed E-state index contributed by atoms with van der Waals surface area (Å²) in [6.07, 6.45) is 0.726. The van der Waals surface area contributed by atoms with Crippen molar-refractivity contribution >= 4 is 17.5 Å². The summed E-state index contributed by atoms with van der Waals surface area (Å²) in [6, 6.07) is 0.228. The summed E-state index contributed by atoms with van der Waals surface area (Å²) in [6.45, 7) is 4.79. The number of hydrogen-bond acceptors (Lipinski definition) is 5. The molecule has 0 fully saturated rings. The van der Waals surface area contributed by atoms with Crippen LogP contribution in [0.15, 0.2) is 0 Å². The smallest absolute Gasteiger partial charge is 0.322 e. The Labute approximate surface area is 99.6 Å². The molecule has 5 nitrogen and oxygen atoms in total. The lowest BCUT2D eigenvalue weighted by molar-refractivity contribution is 0.312. The number of ether oxygens (including phenoxy) is 1. The number of anilines is 1. The van der Waals surface area contributed by atoms with Crippen LogP contribution in [0.1, 0.15) is 20.3 Å². The van der Waals surface area contributed by atoms with E-state index in [0.29, 0.717) is 19.1 Å². The third-order valence-electron chi connectivity index (χ3n) is 1.57. The Hall–Kier alpha value is -1.54. The van der Waals surface area contributed by atoms with Crippen molar-refractivity contribution in [1.82, 2.24) is 15.0 Å². The van der Waals surface area contributed by atoms with Crippen LogP contribution in [0, 0.1) is 11.8 Å². The Balaban J connectivity index is 2.60. The molecule has 0 radical (unpaired) electrons. The maximum atomic E-state index is 5.72. The van der Waals surface area contributed by atoms with Gasteiger partial charge in [0.2, 0.25) is 11.2 Å². The molecule has 1 aromatic rings.